The van der Waals surface area contributed by atoms with Crippen LogP contribution >= 0.6 is 0 Å². The number of hydrogen-bond acceptors (Lipinski definition) is 0. The SMILES string of the molecule is C=C(CCC1=CC2C=C(CCCCC3CC(C)(C)C3)C=CC2=C1)C1=CC(=C)C2C=CC=CC2=C1. The van der Waals surface area contributed by atoms with Gasteiger partial charge in [0.15, 0.2) is 0 Å². The Hall–Kier alpha value is -2.60. The summed E-state index contributed by atoms with van der Waals surface area (Å²) >= 11 is 0. The summed E-state index contributed by atoms with van der Waals surface area (Å²) in [4.78, 5) is 0. The summed E-state index contributed by atoms with van der Waals surface area (Å²) in [7, 11) is 0. The minimum absolute atomic E-state index is 0.338. The van der Waals surface area contributed by atoms with Crippen LogP contribution in [0.15, 0.2) is 119 Å². The molecule has 0 aromatic carbocycles. The molecule has 5 aliphatic rings. The molecule has 0 heterocycles. The highest BCUT2D eigenvalue weighted by Crippen LogP contribution is 2.47. The molecule has 0 bridgehead atoms. The largest absolute Gasteiger partial charge is 0.0952 e. The van der Waals surface area contributed by atoms with E-state index in [0.29, 0.717) is 17.3 Å². The Balaban J connectivity index is 1.10. The fourth-order valence-corrected chi connectivity index (χ4v) is 6.46. The van der Waals surface area contributed by atoms with Crippen LogP contribution in [0.2, 0.25) is 0 Å². The summed E-state index contributed by atoms with van der Waals surface area (Å²) in [6.07, 6.45) is 35.6. The predicted molar refractivity (Wildman–Crippen MR) is 147 cm³/mol. The van der Waals surface area contributed by atoms with Crippen molar-refractivity contribution in [3.63, 3.8) is 0 Å². The van der Waals surface area contributed by atoms with Crippen LogP contribution in [0.25, 0.3) is 0 Å². The van der Waals surface area contributed by atoms with Gasteiger partial charge in [0.2, 0.25) is 0 Å². The fraction of sp³-hybridized carbons (Fsp3) is 0.412. The zero-order valence-corrected chi connectivity index (χ0v) is 21.2. The molecule has 0 spiro atoms. The van der Waals surface area contributed by atoms with Crippen LogP contribution < -0.4 is 0 Å². The van der Waals surface area contributed by atoms with Gasteiger partial charge in [0.05, 0.1) is 0 Å². The van der Waals surface area contributed by atoms with E-state index in [2.05, 4.69) is 93.8 Å². The Labute approximate surface area is 207 Å². The van der Waals surface area contributed by atoms with Crippen molar-refractivity contribution in [1.82, 2.24) is 0 Å². The van der Waals surface area contributed by atoms with Gasteiger partial charge in [-0.25, -0.2) is 0 Å². The van der Waals surface area contributed by atoms with Gasteiger partial charge in [-0.3, -0.25) is 0 Å². The third kappa shape index (κ3) is 5.22. The monoisotopic (exact) mass is 448 g/mol. The number of fused-ring (bicyclic) bond motifs is 2. The molecule has 0 radical (unpaired) electrons. The van der Waals surface area contributed by atoms with Gasteiger partial charge >= 0.3 is 0 Å². The Kier molecular flexibility index (Phi) is 6.52. The van der Waals surface area contributed by atoms with E-state index in [1.54, 1.807) is 0 Å². The molecule has 0 N–H and O–H groups in total. The summed E-state index contributed by atoms with van der Waals surface area (Å²) < 4.78 is 0. The van der Waals surface area contributed by atoms with E-state index in [-0.39, 0.29) is 0 Å². The first-order valence-electron chi connectivity index (χ1n) is 13.3. The Morgan fingerprint density at radius 1 is 0.912 bits per heavy atom. The lowest BCUT2D eigenvalue weighted by Crippen LogP contribution is -2.31. The molecule has 2 atom stereocenters. The highest BCUT2D eigenvalue weighted by atomic mass is 14.4. The summed E-state index contributed by atoms with van der Waals surface area (Å²) in [5.41, 5.74) is 10.0. The van der Waals surface area contributed by atoms with Crippen molar-refractivity contribution in [2.75, 3.05) is 0 Å². The molecule has 0 nitrogen and oxygen atoms in total. The lowest BCUT2D eigenvalue weighted by molar-refractivity contribution is 0.0878. The van der Waals surface area contributed by atoms with E-state index >= 15 is 0 Å². The van der Waals surface area contributed by atoms with Gasteiger partial charge in [-0.1, -0.05) is 118 Å². The number of hydrogen-bond donors (Lipinski definition) is 0. The molecule has 176 valence electrons. The molecule has 0 heteroatoms. The van der Waals surface area contributed by atoms with E-state index in [1.165, 1.54) is 77.5 Å². The molecule has 0 aromatic heterocycles. The predicted octanol–water partition coefficient (Wildman–Crippen LogP) is 9.46. The van der Waals surface area contributed by atoms with Gasteiger partial charge in [-0.2, -0.15) is 0 Å². The molecule has 1 saturated carbocycles. The van der Waals surface area contributed by atoms with Crippen molar-refractivity contribution in [3.05, 3.63) is 119 Å². The Morgan fingerprint density at radius 2 is 1.74 bits per heavy atom. The Morgan fingerprint density at radius 3 is 2.56 bits per heavy atom. The summed E-state index contributed by atoms with van der Waals surface area (Å²) in [6, 6.07) is 0. The van der Waals surface area contributed by atoms with Crippen LogP contribution in [-0.2, 0) is 0 Å². The maximum Gasteiger partial charge on any atom is 0.0267 e. The van der Waals surface area contributed by atoms with Crippen molar-refractivity contribution in [2.45, 2.75) is 65.2 Å². The fourth-order valence-electron chi connectivity index (χ4n) is 6.46. The topological polar surface area (TPSA) is 0 Å². The maximum atomic E-state index is 4.42. The molecular weight excluding hydrogens is 408 g/mol. The van der Waals surface area contributed by atoms with E-state index in [9.17, 15) is 0 Å². The summed E-state index contributed by atoms with van der Waals surface area (Å²) in [5, 5.41) is 0. The number of unbranched alkanes of at least 4 members (excludes halogenated alkanes) is 1. The lowest BCUT2D eigenvalue weighted by Gasteiger charge is -2.42. The molecule has 0 aromatic rings. The van der Waals surface area contributed by atoms with Gasteiger partial charge in [0.25, 0.3) is 0 Å². The van der Waals surface area contributed by atoms with Crippen LogP contribution in [0.1, 0.15) is 65.2 Å². The zero-order chi connectivity index (χ0) is 23.7. The van der Waals surface area contributed by atoms with Gasteiger partial charge in [0.1, 0.15) is 0 Å². The van der Waals surface area contributed by atoms with E-state index in [4.69, 9.17) is 0 Å². The van der Waals surface area contributed by atoms with Crippen molar-refractivity contribution >= 4 is 0 Å². The molecule has 2 unspecified atom stereocenters. The van der Waals surface area contributed by atoms with Gasteiger partial charge in [-0.05, 0) is 77.7 Å². The number of rotatable bonds is 9. The molecule has 34 heavy (non-hydrogen) atoms. The van der Waals surface area contributed by atoms with E-state index in [0.717, 1.165) is 18.8 Å². The van der Waals surface area contributed by atoms with Crippen LogP contribution in [0.3, 0.4) is 0 Å². The first kappa shape index (κ1) is 23.2. The summed E-state index contributed by atoms with van der Waals surface area (Å²) in [6.45, 7) is 13.5. The average molecular weight is 449 g/mol. The third-order valence-corrected chi connectivity index (χ3v) is 8.27. The lowest BCUT2D eigenvalue weighted by atomic mass is 9.63. The van der Waals surface area contributed by atoms with Crippen LogP contribution in [-0.4, -0.2) is 0 Å². The Bertz CT molecular complexity index is 1110. The third-order valence-electron chi connectivity index (χ3n) is 8.27. The van der Waals surface area contributed by atoms with Gasteiger partial charge < -0.3 is 0 Å². The smallest absolute Gasteiger partial charge is 0.0267 e. The quantitative estimate of drug-likeness (QED) is 0.308. The van der Waals surface area contributed by atoms with Crippen LogP contribution in [0, 0.1) is 23.2 Å². The highest BCUT2D eigenvalue weighted by Gasteiger charge is 2.35. The minimum Gasteiger partial charge on any atom is -0.0952 e. The molecule has 1 fully saturated rings. The molecular formula is C34H40. The van der Waals surface area contributed by atoms with Crippen molar-refractivity contribution in [2.24, 2.45) is 23.2 Å². The molecule has 0 aliphatic heterocycles. The normalized spacial score (nSPS) is 26.6. The minimum atomic E-state index is 0.338. The van der Waals surface area contributed by atoms with Crippen LogP contribution in [0.4, 0.5) is 0 Å². The van der Waals surface area contributed by atoms with Crippen molar-refractivity contribution in [1.29, 1.82) is 0 Å². The molecule has 5 aliphatic carbocycles. The highest BCUT2D eigenvalue weighted by molar-refractivity contribution is 5.56. The van der Waals surface area contributed by atoms with E-state index in [1.807, 2.05) is 0 Å². The second kappa shape index (κ2) is 9.57. The standard InChI is InChI=1S/C34H40/c1-24(31-17-25(2)33-12-8-7-11-30(33)21-31)13-14-27-19-29-16-15-26(18-32(29)20-27)9-5-6-10-28-22-34(3,4)23-28/h7-8,11-12,15-21,28,32-33H,1-2,5-6,9-10,13-14,22-23H2,3-4H3. The first-order valence-corrected chi connectivity index (χ1v) is 13.3. The van der Waals surface area contributed by atoms with Crippen molar-refractivity contribution < 1.29 is 0 Å². The molecule has 0 saturated heterocycles. The van der Waals surface area contributed by atoms with Crippen molar-refractivity contribution in [3.8, 4) is 0 Å². The number of allylic oxidation sites excluding steroid dienone is 18. The first-order chi connectivity index (χ1) is 16.4. The molecule has 5 rings (SSSR count). The van der Waals surface area contributed by atoms with Gasteiger partial charge in [-0.15, -0.1) is 0 Å². The average Bonchev–Trinajstić information content (AvgIpc) is 3.21. The van der Waals surface area contributed by atoms with E-state index < -0.39 is 0 Å². The molecule has 0 amide bonds. The summed E-state index contributed by atoms with van der Waals surface area (Å²) in [5.74, 6) is 1.81. The second-order valence-electron chi connectivity index (χ2n) is 11.8. The van der Waals surface area contributed by atoms with Gasteiger partial charge in [0, 0.05) is 11.8 Å². The van der Waals surface area contributed by atoms with Crippen LogP contribution in [0.5, 0.6) is 0 Å². The zero-order valence-electron chi connectivity index (χ0n) is 21.2. The second-order valence-corrected chi connectivity index (χ2v) is 11.8. The maximum absolute atomic E-state index is 4.42.